The normalized spacial score (nSPS) is 13.5. The van der Waals surface area contributed by atoms with E-state index < -0.39 is 19.2 Å². The maximum atomic E-state index is 13.3. The third kappa shape index (κ3) is 5.39. The minimum absolute atomic E-state index is 0.0371. The van der Waals surface area contributed by atoms with Crippen LogP contribution in [0.1, 0.15) is 47.7 Å². The summed E-state index contributed by atoms with van der Waals surface area (Å²) in [4.78, 5) is 12.9. The Labute approximate surface area is 166 Å². The predicted molar refractivity (Wildman–Crippen MR) is 110 cm³/mol. The van der Waals surface area contributed by atoms with Crippen molar-refractivity contribution in [3.05, 3.63) is 71.3 Å². The third-order valence-electron chi connectivity index (χ3n) is 4.48. The zero-order valence-electron chi connectivity index (χ0n) is 16.5. The van der Waals surface area contributed by atoms with Gasteiger partial charge in [-0.1, -0.05) is 60.2 Å². The van der Waals surface area contributed by atoms with Gasteiger partial charge in [0.2, 0.25) is 0 Å². The molecule has 28 heavy (non-hydrogen) atoms. The van der Waals surface area contributed by atoms with Gasteiger partial charge in [0, 0.05) is 17.9 Å². The highest BCUT2D eigenvalue weighted by Gasteiger charge is 2.43. The first-order valence-electron chi connectivity index (χ1n) is 9.38. The van der Waals surface area contributed by atoms with Gasteiger partial charge in [-0.15, -0.1) is 0 Å². The number of hydrogen-bond donors (Lipinski definition) is 0. The van der Waals surface area contributed by atoms with Crippen molar-refractivity contribution in [2.45, 2.75) is 38.8 Å². The SMILES string of the molecule is CCOP(=O)(OCC)C(C#N)C(CC(=O)c1ccc(C)cc1)c1ccccc1. The highest BCUT2D eigenvalue weighted by molar-refractivity contribution is 7.55. The average molecular weight is 399 g/mol. The van der Waals surface area contributed by atoms with E-state index in [1.165, 1.54) is 0 Å². The second kappa shape index (κ2) is 10.3. The second-order valence-corrected chi connectivity index (χ2v) is 8.61. The third-order valence-corrected chi connectivity index (χ3v) is 6.87. The quantitative estimate of drug-likeness (QED) is 0.389. The molecule has 148 valence electrons. The number of benzene rings is 2. The van der Waals surface area contributed by atoms with Crippen LogP contribution in [-0.2, 0) is 13.6 Å². The summed E-state index contributed by atoms with van der Waals surface area (Å²) in [5, 5.41) is 9.87. The summed E-state index contributed by atoms with van der Waals surface area (Å²) in [6.07, 6.45) is 0.0371. The average Bonchev–Trinajstić information content (AvgIpc) is 2.69. The summed E-state index contributed by atoms with van der Waals surface area (Å²) in [5.74, 6) is -0.724. The Hall–Kier alpha value is -2.25. The Bertz CT molecular complexity index is 848. The molecular formula is C22H26NO4P. The monoisotopic (exact) mass is 399 g/mol. The molecule has 5 nitrogen and oxygen atoms in total. The number of hydrogen-bond acceptors (Lipinski definition) is 5. The molecule has 0 saturated carbocycles. The molecule has 2 unspecified atom stereocenters. The van der Waals surface area contributed by atoms with E-state index in [1.54, 1.807) is 26.0 Å². The number of carbonyl (C=O) groups excluding carboxylic acids is 1. The van der Waals surface area contributed by atoms with Gasteiger partial charge in [0.05, 0.1) is 19.3 Å². The fourth-order valence-electron chi connectivity index (χ4n) is 3.11. The van der Waals surface area contributed by atoms with E-state index in [0.29, 0.717) is 5.56 Å². The first-order chi connectivity index (χ1) is 13.4. The minimum atomic E-state index is -3.72. The minimum Gasteiger partial charge on any atom is -0.308 e. The van der Waals surface area contributed by atoms with Crippen LogP contribution in [0.5, 0.6) is 0 Å². The predicted octanol–water partition coefficient (Wildman–Crippen LogP) is 5.51. The van der Waals surface area contributed by atoms with Crippen LogP contribution in [0.2, 0.25) is 0 Å². The number of ketones is 1. The van der Waals surface area contributed by atoms with Gasteiger partial charge in [0.25, 0.3) is 0 Å². The molecule has 0 aliphatic rings. The molecule has 6 heteroatoms. The van der Waals surface area contributed by atoms with Crippen molar-refractivity contribution in [1.82, 2.24) is 0 Å². The highest BCUT2D eigenvalue weighted by Crippen LogP contribution is 2.57. The van der Waals surface area contributed by atoms with E-state index in [-0.39, 0.29) is 25.4 Å². The lowest BCUT2D eigenvalue weighted by Gasteiger charge is -2.28. The lowest BCUT2D eigenvalue weighted by Crippen LogP contribution is -2.23. The second-order valence-electron chi connectivity index (χ2n) is 6.46. The molecule has 2 aromatic rings. The molecule has 0 spiro atoms. The summed E-state index contributed by atoms with van der Waals surface area (Å²) < 4.78 is 24.2. The van der Waals surface area contributed by atoms with E-state index in [0.717, 1.165) is 11.1 Å². The molecule has 0 heterocycles. The summed E-state index contributed by atoms with van der Waals surface area (Å²) in [6.45, 7) is 5.67. The standard InChI is InChI=1S/C22H26NO4P/c1-4-26-28(25,27-5-2)22(16-23)20(18-9-7-6-8-10-18)15-21(24)19-13-11-17(3)12-14-19/h6-14,20,22H,4-5,15H2,1-3H3. The van der Waals surface area contributed by atoms with Gasteiger partial charge in [-0.2, -0.15) is 5.26 Å². The topological polar surface area (TPSA) is 76.4 Å². The van der Waals surface area contributed by atoms with Crippen molar-refractivity contribution < 1.29 is 18.4 Å². The van der Waals surface area contributed by atoms with Crippen LogP contribution in [0, 0.1) is 18.3 Å². The van der Waals surface area contributed by atoms with Crippen LogP contribution in [0.25, 0.3) is 0 Å². The Morgan fingerprint density at radius 3 is 2.11 bits per heavy atom. The molecule has 0 aliphatic heterocycles. The van der Waals surface area contributed by atoms with Gasteiger partial charge in [-0.05, 0) is 26.3 Å². The summed E-state index contributed by atoms with van der Waals surface area (Å²) in [6, 6.07) is 18.6. The van der Waals surface area contributed by atoms with Gasteiger partial charge < -0.3 is 9.05 Å². The van der Waals surface area contributed by atoms with Crippen LogP contribution in [0.3, 0.4) is 0 Å². The van der Waals surface area contributed by atoms with Crippen LogP contribution >= 0.6 is 7.60 Å². The molecule has 0 radical (unpaired) electrons. The Morgan fingerprint density at radius 2 is 1.61 bits per heavy atom. The van der Waals surface area contributed by atoms with Crippen molar-refractivity contribution in [3.8, 4) is 6.07 Å². The van der Waals surface area contributed by atoms with Gasteiger partial charge in [-0.25, -0.2) is 0 Å². The Balaban J connectivity index is 2.43. The Kier molecular flexibility index (Phi) is 8.14. The zero-order chi connectivity index (χ0) is 20.6. The van der Waals surface area contributed by atoms with Crippen LogP contribution in [-0.4, -0.2) is 24.7 Å². The van der Waals surface area contributed by atoms with Crippen molar-refractivity contribution in [3.63, 3.8) is 0 Å². The molecule has 0 bridgehead atoms. The first kappa shape index (κ1) is 22.0. The molecule has 0 fully saturated rings. The molecule has 0 N–H and O–H groups in total. The number of nitriles is 1. The maximum Gasteiger partial charge on any atom is 0.348 e. The molecule has 2 rings (SSSR count). The van der Waals surface area contributed by atoms with Gasteiger partial charge in [-0.3, -0.25) is 9.36 Å². The molecule has 0 aromatic heterocycles. The summed E-state index contributed by atoms with van der Waals surface area (Å²) >= 11 is 0. The van der Waals surface area contributed by atoms with Crippen molar-refractivity contribution in [1.29, 1.82) is 5.26 Å². The lowest BCUT2D eigenvalue weighted by molar-refractivity contribution is 0.0973. The summed E-state index contributed by atoms with van der Waals surface area (Å²) in [5.41, 5.74) is 1.30. The zero-order valence-corrected chi connectivity index (χ0v) is 17.4. The van der Waals surface area contributed by atoms with E-state index in [1.807, 2.05) is 49.4 Å². The van der Waals surface area contributed by atoms with Crippen molar-refractivity contribution in [2.75, 3.05) is 13.2 Å². The van der Waals surface area contributed by atoms with Gasteiger partial charge in [0.1, 0.15) is 0 Å². The van der Waals surface area contributed by atoms with E-state index in [9.17, 15) is 14.6 Å². The molecule has 0 aliphatic carbocycles. The number of rotatable bonds is 10. The van der Waals surface area contributed by atoms with Crippen molar-refractivity contribution in [2.24, 2.45) is 0 Å². The Morgan fingerprint density at radius 1 is 1.04 bits per heavy atom. The molecule has 2 atom stereocenters. The molecule has 0 saturated heterocycles. The number of aryl methyl sites for hydroxylation is 1. The number of carbonyl (C=O) groups is 1. The van der Waals surface area contributed by atoms with Crippen LogP contribution < -0.4 is 0 Å². The lowest BCUT2D eigenvalue weighted by atomic mass is 9.89. The molecular weight excluding hydrogens is 373 g/mol. The fourth-order valence-corrected chi connectivity index (χ4v) is 5.08. The highest BCUT2D eigenvalue weighted by atomic mass is 31.2. The maximum absolute atomic E-state index is 13.3. The fraction of sp³-hybridized carbons (Fsp3) is 0.364. The number of nitrogens with zero attached hydrogens (tertiary/aromatic N) is 1. The summed E-state index contributed by atoms with van der Waals surface area (Å²) in [7, 11) is -3.72. The largest absolute Gasteiger partial charge is 0.348 e. The molecule has 0 amide bonds. The van der Waals surface area contributed by atoms with E-state index >= 15 is 0 Å². The molecule has 2 aromatic carbocycles. The van der Waals surface area contributed by atoms with Gasteiger partial charge in [0.15, 0.2) is 11.4 Å². The van der Waals surface area contributed by atoms with E-state index in [2.05, 4.69) is 6.07 Å². The van der Waals surface area contributed by atoms with Crippen molar-refractivity contribution >= 4 is 13.4 Å². The number of Topliss-reactive ketones (excluding diaryl/α,β-unsaturated/α-hetero) is 1. The van der Waals surface area contributed by atoms with Crippen LogP contribution in [0.4, 0.5) is 0 Å². The first-order valence-corrected chi connectivity index (χ1v) is 11.0. The smallest absolute Gasteiger partial charge is 0.308 e. The van der Waals surface area contributed by atoms with E-state index in [4.69, 9.17) is 9.05 Å². The van der Waals surface area contributed by atoms with Crippen LogP contribution in [0.15, 0.2) is 54.6 Å². The van der Waals surface area contributed by atoms with Gasteiger partial charge >= 0.3 is 7.60 Å².